The molecule has 1 atom stereocenters. The Morgan fingerprint density at radius 2 is 2.11 bits per heavy atom. The molecule has 0 aliphatic heterocycles. The number of hydrogen-bond donors (Lipinski definition) is 2. The summed E-state index contributed by atoms with van der Waals surface area (Å²) in [7, 11) is 0. The van der Waals surface area contributed by atoms with Crippen molar-refractivity contribution in [3.05, 3.63) is 41.8 Å². The number of nitrogens with one attached hydrogen (secondary N) is 1. The summed E-state index contributed by atoms with van der Waals surface area (Å²) in [6.07, 6.45) is 4.39. The minimum Gasteiger partial charge on any atom is -0.366 e. The van der Waals surface area contributed by atoms with Crippen LogP contribution in [0.5, 0.6) is 0 Å². The summed E-state index contributed by atoms with van der Waals surface area (Å²) < 4.78 is 0. The van der Waals surface area contributed by atoms with Crippen LogP contribution in [0.15, 0.2) is 24.3 Å². The standard InChI is InChI=1S/C15H19N2O2/c1-10(11-6-7-11)17-14(18)9-8-12-4-2-3-5-13(12)15(16)19/h2-5,9-11H,6-8H2,1H3,(H2,16,19)(H,17,18)/t10-/m0/s1. The number of benzene rings is 1. The minimum absolute atomic E-state index is 0.0846. The van der Waals surface area contributed by atoms with Crippen molar-refractivity contribution in [3.8, 4) is 0 Å². The van der Waals surface area contributed by atoms with Crippen LogP contribution < -0.4 is 11.1 Å². The van der Waals surface area contributed by atoms with E-state index in [-0.39, 0.29) is 11.9 Å². The highest BCUT2D eigenvalue weighted by Crippen LogP contribution is 2.32. The van der Waals surface area contributed by atoms with Crippen LogP contribution in [0.3, 0.4) is 0 Å². The van der Waals surface area contributed by atoms with E-state index in [9.17, 15) is 9.59 Å². The smallest absolute Gasteiger partial charge is 0.248 e. The largest absolute Gasteiger partial charge is 0.366 e. The molecule has 0 saturated heterocycles. The Bertz CT molecular complexity index is 481. The fourth-order valence-electron chi connectivity index (χ4n) is 2.14. The molecule has 1 aliphatic carbocycles. The molecular weight excluding hydrogens is 240 g/mol. The summed E-state index contributed by atoms with van der Waals surface area (Å²) in [5.74, 6) is 0.0877. The van der Waals surface area contributed by atoms with E-state index in [1.54, 1.807) is 18.6 Å². The Morgan fingerprint density at radius 1 is 1.42 bits per heavy atom. The molecule has 2 rings (SSSR count). The molecule has 0 heterocycles. The molecule has 4 heteroatoms. The van der Waals surface area contributed by atoms with Crippen molar-refractivity contribution in [2.24, 2.45) is 11.7 Å². The SMILES string of the molecule is C[C@H](NC(=O)[CH]Cc1ccccc1C(N)=O)C1CC1. The topological polar surface area (TPSA) is 72.2 Å². The summed E-state index contributed by atoms with van der Waals surface area (Å²) >= 11 is 0. The first-order valence-corrected chi connectivity index (χ1v) is 6.59. The van der Waals surface area contributed by atoms with E-state index in [0.717, 1.165) is 5.56 Å². The highest BCUT2D eigenvalue weighted by molar-refractivity contribution is 5.94. The molecule has 1 saturated carbocycles. The number of rotatable bonds is 6. The molecule has 0 unspecified atom stereocenters. The van der Waals surface area contributed by atoms with Gasteiger partial charge in [-0.05, 0) is 43.7 Å². The summed E-state index contributed by atoms with van der Waals surface area (Å²) in [5.41, 5.74) is 6.55. The van der Waals surface area contributed by atoms with Crippen molar-refractivity contribution in [3.63, 3.8) is 0 Å². The van der Waals surface area contributed by atoms with E-state index >= 15 is 0 Å². The molecule has 19 heavy (non-hydrogen) atoms. The number of hydrogen-bond acceptors (Lipinski definition) is 2. The van der Waals surface area contributed by atoms with Crippen molar-refractivity contribution in [1.29, 1.82) is 0 Å². The van der Waals surface area contributed by atoms with Gasteiger partial charge in [0.2, 0.25) is 11.8 Å². The lowest BCUT2D eigenvalue weighted by molar-refractivity contribution is -0.118. The predicted molar refractivity (Wildman–Crippen MR) is 73.3 cm³/mol. The first kappa shape index (κ1) is 13.6. The quantitative estimate of drug-likeness (QED) is 0.811. The second-order valence-electron chi connectivity index (χ2n) is 5.06. The highest BCUT2D eigenvalue weighted by Gasteiger charge is 2.28. The van der Waals surface area contributed by atoms with Crippen LogP contribution in [0.2, 0.25) is 0 Å². The van der Waals surface area contributed by atoms with Gasteiger partial charge in [-0.1, -0.05) is 18.2 Å². The molecular formula is C15H19N2O2. The number of carbonyl (C=O) groups is 2. The monoisotopic (exact) mass is 259 g/mol. The van der Waals surface area contributed by atoms with E-state index in [0.29, 0.717) is 17.9 Å². The van der Waals surface area contributed by atoms with Crippen molar-refractivity contribution < 1.29 is 9.59 Å². The maximum Gasteiger partial charge on any atom is 0.248 e. The van der Waals surface area contributed by atoms with E-state index in [1.807, 2.05) is 19.1 Å². The molecule has 2 amide bonds. The number of amides is 2. The Morgan fingerprint density at radius 3 is 2.74 bits per heavy atom. The maximum atomic E-state index is 11.8. The zero-order valence-corrected chi connectivity index (χ0v) is 11.1. The zero-order chi connectivity index (χ0) is 13.8. The molecule has 1 aromatic carbocycles. The van der Waals surface area contributed by atoms with Gasteiger partial charge in [-0.2, -0.15) is 0 Å². The van der Waals surface area contributed by atoms with Gasteiger partial charge in [0.1, 0.15) is 0 Å². The van der Waals surface area contributed by atoms with Crippen LogP contribution in [0, 0.1) is 12.3 Å². The van der Waals surface area contributed by atoms with Gasteiger partial charge in [0.05, 0.1) is 6.42 Å². The van der Waals surface area contributed by atoms with Crippen molar-refractivity contribution in [2.75, 3.05) is 0 Å². The maximum absolute atomic E-state index is 11.8. The van der Waals surface area contributed by atoms with E-state index in [4.69, 9.17) is 5.73 Å². The lowest BCUT2D eigenvalue weighted by Crippen LogP contribution is -2.34. The fourth-order valence-corrected chi connectivity index (χ4v) is 2.14. The van der Waals surface area contributed by atoms with Crippen LogP contribution in [0.4, 0.5) is 0 Å². The van der Waals surface area contributed by atoms with E-state index in [1.165, 1.54) is 12.8 Å². The Hall–Kier alpha value is -1.84. The summed E-state index contributed by atoms with van der Waals surface area (Å²) in [6.45, 7) is 2.03. The van der Waals surface area contributed by atoms with Gasteiger partial charge < -0.3 is 11.1 Å². The molecule has 1 aromatic rings. The Kier molecular flexibility index (Phi) is 4.20. The lowest BCUT2D eigenvalue weighted by atomic mass is 10.0. The van der Waals surface area contributed by atoms with Gasteiger partial charge in [0, 0.05) is 11.6 Å². The van der Waals surface area contributed by atoms with Crippen LogP contribution in [-0.4, -0.2) is 17.9 Å². The lowest BCUT2D eigenvalue weighted by Gasteiger charge is -2.12. The second kappa shape index (κ2) is 5.87. The van der Waals surface area contributed by atoms with Gasteiger partial charge in [-0.25, -0.2) is 0 Å². The van der Waals surface area contributed by atoms with Crippen molar-refractivity contribution in [2.45, 2.75) is 32.2 Å². The molecule has 0 bridgehead atoms. The van der Waals surface area contributed by atoms with Gasteiger partial charge in [-0.3, -0.25) is 9.59 Å². The Labute approximate surface area is 113 Å². The molecule has 0 aromatic heterocycles. The third-order valence-electron chi connectivity index (χ3n) is 3.49. The normalized spacial score (nSPS) is 15.8. The molecule has 101 valence electrons. The molecule has 1 radical (unpaired) electrons. The molecule has 1 aliphatic rings. The first-order valence-electron chi connectivity index (χ1n) is 6.59. The van der Waals surface area contributed by atoms with Crippen LogP contribution in [0.1, 0.15) is 35.7 Å². The molecule has 1 fully saturated rings. The molecule has 3 N–H and O–H groups in total. The summed E-state index contributed by atoms with van der Waals surface area (Å²) in [4.78, 5) is 23.0. The number of primary amides is 1. The molecule has 4 nitrogen and oxygen atoms in total. The number of nitrogens with two attached hydrogens (primary N) is 1. The second-order valence-corrected chi connectivity index (χ2v) is 5.06. The summed E-state index contributed by atoms with van der Waals surface area (Å²) in [5, 5.41) is 2.95. The average molecular weight is 259 g/mol. The van der Waals surface area contributed by atoms with Gasteiger partial charge >= 0.3 is 0 Å². The van der Waals surface area contributed by atoms with Crippen molar-refractivity contribution >= 4 is 11.8 Å². The Balaban J connectivity index is 1.87. The predicted octanol–water partition coefficient (Wildman–Crippen LogP) is 1.45. The zero-order valence-electron chi connectivity index (χ0n) is 11.1. The highest BCUT2D eigenvalue weighted by atomic mass is 16.2. The van der Waals surface area contributed by atoms with Crippen LogP contribution in [0.25, 0.3) is 0 Å². The first-order chi connectivity index (χ1) is 9.08. The van der Waals surface area contributed by atoms with Crippen LogP contribution in [-0.2, 0) is 11.2 Å². The third kappa shape index (κ3) is 3.81. The van der Waals surface area contributed by atoms with Crippen LogP contribution >= 0.6 is 0 Å². The summed E-state index contributed by atoms with van der Waals surface area (Å²) in [6, 6.07) is 7.32. The molecule has 0 spiro atoms. The van der Waals surface area contributed by atoms with Gasteiger partial charge in [0.15, 0.2) is 0 Å². The third-order valence-corrected chi connectivity index (χ3v) is 3.49. The van der Waals surface area contributed by atoms with Crippen molar-refractivity contribution in [1.82, 2.24) is 5.32 Å². The minimum atomic E-state index is -0.462. The van der Waals surface area contributed by atoms with Gasteiger partial charge in [-0.15, -0.1) is 0 Å². The van der Waals surface area contributed by atoms with E-state index < -0.39 is 5.91 Å². The number of carbonyl (C=O) groups excluding carboxylic acids is 2. The van der Waals surface area contributed by atoms with Gasteiger partial charge in [0.25, 0.3) is 0 Å². The fraction of sp³-hybridized carbons (Fsp3) is 0.400. The van der Waals surface area contributed by atoms with E-state index in [2.05, 4.69) is 5.32 Å². The average Bonchev–Trinajstić information content (AvgIpc) is 3.20.